The highest BCUT2D eigenvalue weighted by Gasteiger charge is 2.40. The van der Waals surface area contributed by atoms with Gasteiger partial charge in [-0.05, 0) is 112 Å². The van der Waals surface area contributed by atoms with Crippen LogP contribution in [-0.4, -0.2) is 115 Å². The van der Waals surface area contributed by atoms with Gasteiger partial charge < -0.3 is 29.5 Å². The molecule has 4 aliphatic rings. The van der Waals surface area contributed by atoms with Gasteiger partial charge in [0, 0.05) is 50.9 Å². The third-order valence-electron chi connectivity index (χ3n) is 11.7. The van der Waals surface area contributed by atoms with Crippen molar-refractivity contribution in [3.8, 4) is 0 Å². The fraction of sp³-hybridized carbons (Fsp3) is 0.600. The molecule has 0 radical (unpaired) electrons. The summed E-state index contributed by atoms with van der Waals surface area (Å²) >= 11 is 0. The first-order valence-corrected chi connectivity index (χ1v) is 19.6. The number of halogens is 6. The lowest BCUT2D eigenvalue weighted by molar-refractivity contribution is -0.145. The number of anilines is 1. The topological polar surface area (TPSA) is 112 Å². The summed E-state index contributed by atoms with van der Waals surface area (Å²) in [5.74, 6) is -0.318. The summed E-state index contributed by atoms with van der Waals surface area (Å²) in [6, 6.07) is 8.19. The molecule has 0 bridgehead atoms. The van der Waals surface area contributed by atoms with E-state index in [0.29, 0.717) is 63.3 Å². The smallest absolute Gasteiger partial charge is 0.416 e. The number of carbonyl (C=O) groups is 4. The van der Waals surface area contributed by atoms with Crippen molar-refractivity contribution in [2.75, 3.05) is 64.3 Å². The molecule has 11 nitrogen and oxygen atoms in total. The van der Waals surface area contributed by atoms with Crippen molar-refractivity contribution in [1.29, 1.82) is 0 Å². The lowest BCUT2D eigenvalue weighted by Gasteiger charge is -2.41. The average molecular weight is 810 g/mol. The fourth-order valence-electron chi connectivity index (χ4n) is 8.59. The fourth-order valence-corrected chi connectivity index (χ4v) is 8.59. The van der Waals surface area contributed by atoms with Crippen LogP contribution in [0.3, 0.4) is 0 Å². The summed E-state index contributed by atoms with van der Waals surface area (Å²) in [6.07, 6.45) is -9.07. The van der Waals surface area contributed by atoms with Gasteiger partial charge in [-0.2, -0.15) is 26.3 Å². The minimum Gasteiger partial charge on any atom is -0.465 e. The lowest BCUT2D eigenvalue weighted by Crippen LogP contribution is -2.52. The van der Waals surface area contributed by atoms with Crippen molar-refractivity contribution in [3.63, 3.8) is 0 Å². The predicted octanol–water partition coefficient (Wildman–Crippen LogP) is 6.84. The number of piperidine rings is 3. The van der Waals surface area contributed by atoms with Gasteiger partial charge in [0.25, 0.3) is 5.91 Å². The summed E-state index contributed by atoms with van der Waals surface area (Å²) < 4.78 is 93.4. The third-order valence-corrected chi connectivity index (χ3v) is 11.7. The van der Waals surface area contributed by atoms with Crippen molar-refractivity contribution in [2.24, 2.45) is 11.8 Å². The predicted molar refractivity (Wildman–Crippen MR) is 196 cm³/mol. The molecule has 4 aliphatic heterocycles. The molecule has 4 amide bonds. The van der Waals surface area contributed by atoms with E-state index < -0.39 is 53.6 Å². The Bertz CT molecular complexity index is 1720. The molecule has 4 heterocycles. The number of amides is 4. The van der Waals surface area contributed by atoms with Gasteiger partial charge in [-0.1, -0.05) is 18.2 Å². The van der Waals surface area contributed by atoms with E-state index in [0.717, 1.165) is 37.2 Å². The Kier molecular flexibility index (Phi) is 13.2. The number of hydrogen-bond donors (Lipinski definition) is 1. The summed E-state index contributed by atoms with van der Waals surface area (Å²) in [6.45, 7) is 5.11. The second-order valence-corrected chi connectivity index (χ2v) is 15.3. The number of nitrogens with zero attached hydrogens (tertiary/aromatic N) is 4. The molecule has 0 unspecified atom stereocenters. The number of carbonyl (C=O) groups excluding carboxylic acids is 4. The van der Waals surface area contributed by atoms with E-state index in [4.69, 9.17) is 9.47 Å². The maximum absolute atomic E-state index is 14.1. The highest BCUT2D eigenvalue weighted by Crippen LogP contribution is 2.37. The van der Waals surface area contributed by atoms with Crippen molar-refractivity contribution >= 4 is 29.7 Å². The van der Waals surface area contributed by atoms with Crippen LogP contribution >= 0.6 is 0 Å². The Balaban J connectivity index is 1.11. The molecular formula is C40H49F6N5O6. The number of para-hydroxylation sites is 1. The van der Waals surface area contributed by atoms with Gasteiger partial charge in [-0.25, -0.2) is 9.59 Å². The van der Waals surface area contributed by atoms with Gasteiger partial charge in [0.05, 0.1) is 24.3 Å². The zero-order valence-electron chi connectivity index (χ0n) is 31.9. The van der Waals surface area contributed by atoms with Crippen molar-refractivity contribution in [2.45, 2.75) is 82.8 Å². The number of esters is 1. The summed E-state index contributed by atoms with van der Waals surface area (Å²) in [5.41, 5.74) is -1.75. The number of fused-ring (bicyclic) bond motifs is 1. The molecule has 57 heavy (non-hydrogen) atoms. The van der Waals surface area contributed by atoms with E-state index in [2.05, 4.69) is 10.2 Å². The molecule has 1 atom stereocenters. The van der Waals surface area contributed by atoms with E-state index in [9.17, 15) is 45.5 Å². The summed E-state index contributed by atoms with van der Waals surface area (Å²) in [7, 11) is 0. The molecule has 17 heteroatoms. The van der Waals surface area contributed by atoms with Crippen LogP contribution in [0.1, 0.15) is 67.7 Å². The van der Waals surface area contributed by atoms with Crippen LogP contribution in [0.2, 0.25) is 0 Å². The molecule has 0 saturated carbocycles. The number of hydrogen-bond acceptors (Lipinski definition) is 7. The Morgan fingerprint density at radius 2 is 1.37 bits per heavy atom. The van der Waals surface area contributed by atoms with Gasteiger partial charge in [0.15, 0.2) is 6.10 Å². The van der Waals surface area contributed by atoms with Crippen LogP contribution in [0, 0.1) is 11.8 Å². The van der Waals surface area contributed by atoms with Gasteiger partial charge in [0.1, 0.15) is 0 Å². The Morgan fingerprint density at radius 3 is 1.96 bits per heavy atom. The Labute approximate surface area is 327 Å². The molecular weight excluding hydrogens is 760 g/mol. The first-order chi connectivity index (χ1) is 27.1. The van der Waals surface area contributed by atoms with E-state index in [-0.39, 0.29) is 62.8 Å². The first-order valence-electron chi connectivity index (χ1n) is 19.6. The zero-order valence-corrected chi connectivity index (χ0v) is 31.9. The SMILES string of the molecule is CCOC(=O)CN1CCC(C2CCN(C(=O)[C@@H](Cc3cc(C(F)(F)F)cc(C(F)(F)F)c3)OC(=O)N3CCC(N4CCc5ccccc5NC4=O)CC3)CC2)CC1. The lowest BCUT2D eigenvalue weighted by atomic mass is 9.78. The van der Waals surface area contributed by atoms with E-state index in [1.54, 1.807) is 11.8 Å². The van der Waals surface area contributed by atoms with Crippen molar-refractivity contribution in [1.82, 2.24) is 19.6 Å². The molecule has 1 N–H and O–H groups in total. The molecule has 3 saturated heterocycles. The number of ether oxygens (including phenoxy) is 2. The van der Waals surface area contributed by atoms with Gasteiger partial charge in [0.2, 0.25) is 0 Å². The minimum absolute atomic E-state index is 0.0197. The molecule has 6 rings (SSSR count). The zero-order chi connectivity index (χ0) is 40.9. The summed E-state index contributed by atoms with van der Waals surface area (Å²) in [4.78, 5) is 59.3. The highest BCUT2D eigenvalue weighted by molar-refractivity contribution is 5.91. The highest BCUT2D eigenvalue weighted by atomic mass is 19.4. The number of urea groups is 1. The summed E-state index contributed by atoms with van der Waals surface area (Å²) in [5, 5.41) is 2.94. The van der Waals surface area contributed by atoms with Crippen LogP contribution in [0.4, 0.5) is 41.6 Å². The van der Waals surface area contributed by atoms with Crippen LogP contribution in [0.15, 0.2) is 42.5 Å². The number of likely N-dealkylation sites (tertiary alicyclic amines) is 3. The maximum atomic E-state index is 14.1. The van der Waals surface area contributed by atoms with E-state index in [1.807, 2.05) is 24.3 Å². The number of benzene rings is 2. The molecule has 0 spiro atoms. The number of rotatable bonds is 9. The number of alkyl halides is 6. The van der Waals surface area contributed by atoms with Gasteiger partial charge >= 0.3 is 30.4 Å². The first kappa shape index (κ1) is 42.1. The van der Waals surface area contributed by atoms with E-state index in [1.165, 1.54) is 9.80 Å². The van der Waals surface area contributed by atoms with Crippen molar-refractivity contribution < 1.29 is 55.0 Å². The third kappa shape index (κ3) is 10.7. The largest absolute Gasteiger partial charge is 0.465 e. The molecule has 312 valence electrons. The second kappa shape index (κ2) is 17.9. The van der Waals surface area contributed by atoms with Crippen LogP contribution in [0.5, 0.6) is 0 Å². The Morgan fingerprint density at radius 1 is 0.789 bits per heavy atom. The molecule has 2 aromatic rings. The van der Waals surface area contributed by atoms with Crippen LogP contribution < -0.4 is 5.32 Å². The normalized spacial score (nSPS) is 20.1. The molecule has 0 aliphatic carbocycles. The van der Waals surface area contributed by atoms with Crippen LogP contribution in [-0.2, 0) is 44.3 Å². The monoisotopic (exact) mass is 809 g/mol. The van der Waals surface area contributed by atoms with Crippen LogP contribution in [0.25, 0.3) is 0 Å². The quantitative estimate of drug-likeness (QED) is 0.218. The molecule has 2 aromatic carbocycles. The Hall–Kier alpha value is -4.54. The van der Waals surface area contributed by atoms with Gasteiger partial charge in [-0.3, -0.25) is 14.5 Å². The van der Waals surface area contributed by atoms with E-state index >= 15 is 0 Å². The number of nitrogens with one attached hydrogen (secondary N) is 1. The van der Waals surface area contributed by atoms with Gasteiger partial charge in [-0.15, -0.1) is 0 Å². The maximum Gasteiger partial charge on any atom is 0.416 e. The van der Waals surface area contributed by atoms with Crippen molar-refractivity contribution in [3.05, 3.63) is 64.7 Å². The second-order valence-electron chi connectivity index (χ2n) is 15.3. The average Bonchev–Trinajstić information content (AvgIpc) is 3.35. The molecule has 0 aromatic heterocycles. The minimum atomic E-state index is -5.10. The standard InChI is InChI=1S/C40H49F6N5O6/c1-2-56-35(52)25-48-14-7-27(8-15-48)28-9-16-49(17-10-28)36(53)34(23-26-21-30(39(41,42)43)24-31(22-26)40(44,45)46)57-38(55)50-18-12-32(13-19-50)51-20-11-29-5-3-4-6-33(29)47-37(51)54/h3-6,21-22,24,27-28,32,34H,2,7-20,23,25H2,1H3,(H,47,54)/t34-/m1/s1. The molecule has 3 fully saturated rings.